The van der Waals surface area contributed by atoms with Gasteiger partial charge in [0.1, 0.15) is 5.69 Å². The molecular formula is C8H7F3N2O2. The molecule has 0 saturated heterocycles. The van der Waals surface area contributed by atoms with Gasteiger partial charge in [-0.05, 0) is 0 Å². The highest BCUT2D eigenvalue weighted by Crippen LogP contribution is 2.28. The first-order valence-electron chi connectivity index (χ1n) is 3.90. The smallest absolute Gasteiger partial charge is 0.357 e. The van der Waals surface area contributed by atoms with E-state index in [0.717, 1.165) is 12.3 Å². The molecule has 3 N–H and O–H groups in total. The number of aromatic amines is 1. The van der Waals surface area contributed by atoms with Crippen LogP contribution in [0.2, 0.25) is 0 Å². The summed E-state index contributed by atoms with van der Waals surface area (Å²) in [6.07, 6.45) is -3.95. The maximum absolute atomic E-state index is 12.4. The van der Waals surface area contributed by atoms with Crippen molar-refractivity contribution in [3.8, 4) is 0 Å². The Labute approximate surface area is 81.9 Å². The van der Waals surface area contributed by atoms with Crippen LogP contribution in [-0.2, 0) is 6.18 Å². The highest BCUT2D eigenvalue weighted by molar-refractivity contribution is 5.98. The molecule has 0 atom stereocenters. The SMILES string of the molecule is NCC(=O)c1c(C(F)(F)F)[nH]ccc1=O. The number of halogens is 3. The molecule has 1 heterocycles. The fourth-order valence-electron chi connectivity index (χ4n) is 1.08. The van der Waals surface area contributed by atoms with Crippen molar-refractivity contribution in [1.29, 1.82) is 0 Å². The van der Waals surface area contributed by atoms with Crippen LogP contribution in [0.25, 0.3) is 0 Å². The van der Waals surface area contributed by atoms with Gasteiger partial charge in [-0.3, -0.25) is 9.59 Å². The zero-order valence-corrected chi connectivity index (χ0v) is 7.39. The third-order valence-corrected chi connectivity index (χ3v) is 1.71. The van der Waals surface area contributed by atoms with Crippen LogP contribution in [0.15, 0.2) is 17.1 Å². The van der Waals surface area contributed by atoms with Gasteiger partial charge in [0, 0.05) is 12.3 Å². The van der Waals surface area contributed by atoms with E-state index >= 15 is 0 Å². The van der Waals surface area contributed by atoms with Crippen LogP contribution in [0.1, 0.15) is 16.1 Å². The number of carbonyl (C=O) groups is 1. The fourth-order valence-corrected chi connectivity index (χ4v) is 1.08. The van der Waals surface area contributed by atoms with Crippen molar-refractivity contribution in [2.24, 2.45) is 5.73 Å². The highest BCUT2D eigenvalue weighted by atomic mass is 19.4. The molecule has 4 nitrogen and oxygen atoms in total. The van der Waals surface area contributed by atoms with Gasteiger partial charge in [-0.1, -0.05) is 0 Å². The number of pyridine rings is 1. The fraction of sp³-hybridized carbons (Fsp3) is 0.250. The van der Waals surface area contributed by atoms with Gasteiger partial charge in [0.05, 0.1) is 12.1 Å². The molecule has 0 bridgehead atoms. The summed E-state index contributed by atoms with van der Waals surface area (Å²) >= 11 is 0. The largest absolute Gasteiger partial charge is 0.432 e. The van der Waals surface area contributed by atoms with Crippen molar-refractivity contribution in [1.82, 2.24) is 4.98 Å². The van der Waals surface area contributed by atoms with Gasteiger partial charge < -0.3 is 10.7 Å². The molecule has 0 aromatic carbocycles. The van der Waals surface area contributed by atoms with Crippen molar-refractivity contribution in [2.45, 2.75) is 6.18 Å². The number of alkyl halides is 3. The lowest BCUT2D eigenvalue weighted by molar-refractivity contribution is -0.141. The van der Waals surface area contributed by atoms with Crippen LogP contribution in [-0.4, -0.2) is 17.3 Å². The van der Waals surface area contributed by atoms with Crippen molar-refractivity contribution >= 4 is 5.78 Å². The molecule has 0 saturated carbocycles. The van der Waals surface area contributed by atoms with Crippen LogP contribution in [0.3, 0.4) is 0 Å². The van der Waals surface area contributed by atoms with Crippen LogP contribution in [0, 0.1) is 0 Å². The van der Waals surface area contributed by atoms with E-state index < -0.39 is 35.2 Å². The van der Waals surface area contributed by atoms with Gasteiger partial charge in [-0.15, -0.1) is 0 Å². The predicted molar refractivity (Wildman–Crippen MR) is 45.4 cm³/mol. The van der Waals surface area contributed by atoms with Crippen LogP contribution >= 0.6 is 0 Å². The maximum Gasteiger partial charge on any atom is 0.432 e. The quantitative estimate of drug-likeness (QED) is 0.714. The summed E-state index contributed by atoms with van der Waals surface area (Å²) in [5.74, 6) is -1.04. The number of nitrogens with two attached hydrogens (primary N) is 1. The molecule has 0 aliphatic rings. The summed E-state index contributed by atoms with van der Waals surface area (Å²) in [5, 5.41) is 0. The lowest BCUT2D eigenvalue weighted by Gasteiger charge is -2.09. The van der Waals surface area contributed by atoms with E-state index in [0.29, 0.717) is 0 Å². The highest BCUT2D eigenvalue weighted by Gasteiger charge is 2.37. The summed E-state index contributed by atoms with van der Waals surface area (Å²) in [5.41, 5.74) is 1.63. The number of aromatic nitrogens is 1. The molecule has 0 aliphatic heterocycles. The summed E-state index contributed by atoms with van der Waals surface area (Å²) < 4.78 is 37.1. The van der Waals surface area contributed by atoms with E-state index in [1.165, 1.54) is 0 Å². The molecule has 0 unspecified atom stereocenters. The molecule has 82 valence electrons. The number of Topliss-reactive ketones (excluding diaryl/α,β-unsaturated/α-hetero) is 1. The first-order chi connectivity index (χ1) is 6.88. The molecule has 7 heteroatoms. The Morgan fingerprint density at radius 3 is 2.53 bits per heavy atom. The summed E-state index contributed by atoms with van der Waals surface area (Å²) in [6.45, 7) is -0.643. The molecule has 1 rings (SSSR count). The lowest BCUT2D eigenvalue weighted by atomic mass is 10.1. The Balaban J connectivity index is 3.47. The second kappa shape index (κ2) is 3.85. The number of carbonyl (C=O) groups excluding carboxylic acids is 1. The molecule has 0 radical (unpaired) electrons. The van der Waals surface area contributed by atoms with Crippen LogP contribution in [0.5, 0.6) is 0 Å². The molecular weight excluding hydrogens is 213 g/mol. The molecule has 1 aromatic heterocycles. The first-order valence-corrected chi connectivity index (χ1v) is 3.90. The number of H-pyrrole nitrogens is 1. The monoisotopic (exact) mass is 220 g/mol. The summed E-state index contributed by atoms with van der Waals surface area (Å²) in [6, 6.07) is 0.845. The zero-order chi connectivity index (χ0) is 11.6. The Morgan fingerprint density at radius 1 is 1.47 bits per heavy atom. The third kappa shape index (κ3) is 2.24. The first kappa shape index (κ1) is 11.4. The predicted octanol–water partition coefficient (Wildman–Crippen LogP) is 0.535. The summed E-state index contributed by atoms with van der Waals surface area (Å²) in [4.78, 5) is 24.0. The summed E-state index contributed by atoms with van der Waals surface area (Å²) in [7, 11) is 0. The minimum absolute atomic E-state index is 0.643. The van der Waals surface area contributed by atoms with Crippen molar-refractivity contribution in [3.63, 3.8) is 0 Å². The van der Waals surface area contributed by atoms with E-state index in [-0.39, 0.29) is 0 Å². The molecule has 15 heavy (non-hydrogen) atoms. The van der Waals surface area contributed by atoms with Crippen molar-refractivity contribution in [3.05, 3.63) is 33.7 Å². The average molecular weight is 220 g/mol. The molecule has 0 amide bonds. The van der Waals surface area contributed by atoms with E-state index in [2.05, 4.69) is 0 Å². The number of rotatable bonds is 2. The van der Waals surface area contributed by atoms with Gasteiger partial charge in [0.2, 0.25) is 0 Å². The minimum atomic E-state index is -4.78. The Morgan fingerprint density at radius 2 is 2.07 bits per heavy atom. The van der Waals surface area contributed by atoms with Crippen LogP contribution in [0.4, 0.5) is 13.2 Å². The van der Waals surface area contributed by atoms with E-state index in [1.54, 1.807) is 0 Å². The Bertz CT molecular complexity index is 436. The Hall–Kier alpha value is -1.63. The third-order valence-electron chi connectivity index (χ3n) is 1.71. The van der Waals surface area contributed by atoms with E-state index in [9.17, 15) is 22.8 Å². The van der Waals surface area contributed by atoms with E-state index in [1.807, 2.05) is 4.98 Å². The number of nitrogens with one attached hydrogen (secondary N) is 1. The average Bonchev–Trinajstić information content (AvgIpc) is 2.15. The topological polar surface area (TPSA) is 76.0 Å². The van der Waals surface area contributed by atoms with Gasteiger partial charge >= 0.3 is 6.18 Å². The van der Waals surface area contributed by atoms with E-state index in [4.69, 9.17) is 5.73 Å². The zero-order valence-electron chi connectivity index (χ0n) is 7.39. The van der Waals surface area contributed by atoms with Gasteiger partial charge in [0.25, 0.3) is 0 Å². The van der Waals surface area contributed by atoms with Gasteiger partial charge in [-0.2, -0.15) is 13.2 Å². The van der Waals surface area contributed by atoms with Crippen LogP contribution < -0.4 is 11.2 Å². The molecule has 0 spiro atoms. The van der Waals surface area contributed by atoms with Crippen molar-refractivity contribution < 1.29 is 18.0 Å². The van der Waals surface area contributed by atoms with Gasteiger partial charge in [0.15, 0.2) is 11.2 Å². The normalized spacial score (nSPS) is 11.5. The minimum Gasteiger partial charge on any atom is -0.357 e. The molecule has 0 fully saturated rings. The molecule has 1 aromatic rings. The standard InChI is InChI=1S/C8H7F3N2O2/c9-8(10,11)7-6(5(15)3-12)4(14)1-2-13-7/h1-2H,3,12H2,(H,13,14). The number of ketones is 1. The van der Waals surface area contributed by atoms with Gasteiger partial charge in [-0.25, -0.2) is 0 Å². The lowest BCUT2D eigenvalue weighted by Crippen LogP contribution is -2.27. The second-order valence-electron chi connectivity index (χ2n) is 2.72. The molecule has 0 aliphatic carbocycles. The number of hydrogen-bond acceptors (Lipinski definition) is 3. The maximum atomic E-state index is 12.4. The number of hydrogen-bond donors (Lipinski definition) is 2. The van der Waals surface area contributed by atoms with Crippen molar-refractivity contribution in [2.75, 3.05) is 6.54 Å². The second-order valence-corrected chi connectivity index (χ2v) is 2.72. The Kier molecular flexibility index (Phi) is 2.94.